The maximum atomic E-state index is 12.7. The molecule has 2 N–H and O–H groups in total. The van der Waals surface area contributed by atoms with Crippen molar-refractivity contribution >= 4 is 45.7 Å². The van der Waals surface area contributed by atoms with Gasteiger partial charge in [-0.15, -0.1) is 11.3 Å². The van der Waals surface area contributed by atoms with E-state index < -0.39 is 6.09 Å². The van der Waals surface area contributed by atoms with Crippen molar-refractivity contribution in [2.45, 2.75) is 33.4 Å². The van der Waals surface area contributed by atoms with Crippen LogP contribution in [0.2, 0.25) is 0 Å². The Hall–Kier alpha value is -2.49. The highest BCUT2D eigenvalue weighted by molar-refractivity contribution is 7.80. The van der Waals surface area contributed by atoms with Gasteiger partial charge in [-0.1, -0.05) is 30.3 Å². The first kappa shape index (κ1) is 22.2. The number of esters is 1. The van der Waals surface area contributed by atoms with Crippen LogP contribution in [0.25, 0.3) is 0 Å². The molecule has 7 nitrogen and oxygen atoms in total. The molecule has 30 heavy (non-hydrogen) atoms. The number of amides is 1. The summed E-state index contributed by atoms with van der Waals surface area (Å²) in [5.74, 6) is -0.382. The van der Waals surface area contributed by atoms with Gasteiger partial charge in [-0.25, -0.2) is 9.59 Å². The number of alkyl carbamates (subject to hydrolysis) is 1. The van der Waals surface area contributed by atoms with Crippen molar-refractivity contribution in [2.75, 3.05) is 25.1 Å². The number of anilines is 1. The van der Waals surface area contributed by atoms with Crippen LogP contribution in [0.1, 0.15) is 40.2 Å². The monoisotopic (exact) mass is 447 g/mol. The van der Waals surface area contributed by atoms with E-state index in [0.717, 1.165) is 36.5 Å². The van der Waals surface area contributed by atoms with E-state index in [-0.39, 0.29) is 24.3 Å². The fraction of sp³-hybridized carbons (Fsp3) is 0.381. The SMILES string of the molecule is CCOC(=O)NC(=S)Nc1sc2c(c1C(=O)OCC)CCN(Cc1ccccc1)C2. The number of carbonyl (C=O) groups excluding carboxylic acids is 2. The largest absolute Gasteiger partial charge is 0.462 e. The number of thiocarbonyl (C=S) groups is 1. The van der Waals surface area contributed by atoms with E-state index >= 15 is 0 Å². The maximum Gasteiger partial charge on any atom is 0.413 e. The first-order chi connectivity index (χ1) is 14.5. The molecule has 160 valence electrons. The Morgan fingerprint density at radius 3 is 2.60 bits per heavy atom. The van der Waals surface area contributed by atoms with Crippen molar-refractivity contribution in [3.8, 4) is 0 Å². The minimum absolute atomic E-state index is 0.0822. The third kappa shape index (κ3) is 5.56. The van der Waals surface area contributed by atoms with Crippen molar-refractivity contribution in [2.24, 2.45) is 0 Å². The summed E-state index contributed by atoms with van der Waals surface area (Å²) in [6.45, 7) is 6.44. The van der Waals surface area contributed by atoms with Gasteiger partial charge in [-0.3, -0.25) is 10.2 Å². The summed E-state index contributed by atoms with van der Waals surface area (Å²) in [5, 5.41) is 6.10. The molecule has 1 amide bonds. The van der Waals surface area contributed by atoms with E-state index in [4.69, 9.17) is 21.7 Å². The van der Waals surface area contributed by atoms with Gasteiger partial charge in [0.05, 0.1) is 18.8 Å². The molecule has 9 heteroatoms. The molecular formula is C21H25N3O4S2. The molecule has 0 spiro atoms. The van der Waals surface area contributed by atoms with Crippen LogP contribution in [-0.4, -0.2) is 41.8 Å². The summed E-state index contributed by atoms with van der Waals surface area (Å²) in [5.41, 5.74) is 2.75. The van der Waals surface area contributed by atoms with Crippen molar-refractivity contribution in [3.05, 3.63) is 51.9 Å². The number of rotatable bonds is 6. The predicted octanol–water partition coefficient (Wildman–Crippen LogP) is 3.93. The average Bonchev–Trinajstić information content (AvgIpc) is 3.05. The van der Waals surface area contributed by atoms with E-state index in [1.807, 2.05) is 18.2 Å². The second-order valence-corrected chi connectivity index (χ2v) is 8.19. The first-order valence-corrected chi connectivity index (χ1v) is 11.1. The molecule has 3 rings (SSSR count). The molecule has 0 fully saturated rings. The summed E-state index contributed by atoms with van der Waals surface area (Å²) in [6, 6.07) is 10.3. The van der Waals surface area contributed by atoms with Gasteiger partial charge in [0.1, 0.15) is 5.00 Å². The second kappa shape index (κ2) is 10.5. The zero-order valence-corrected chi connectivity index (χ0v) is 18.7. The quantitative estimate of drug-likeness (QED) is 0.513. The van der Waals surface area contributed by atoms with Crippen LogP contribution in [-0.2, 0) is 29.0 Å². The molecule has 0 unspecified atom stereocenters. The molecule has 0 saturated carbocycles. The van der Waals surface area contributed by atoms with E-state index in [2.05, 4.69) is 27.7 Å². The first-order valence-electron chi connectivity index (χ1n) is 9.84. The Morgan fingerprint density at radius 2 is 1.90 bits per heavy atom. The molecule has 0 aliphatic carbocycles. The number of hydrogen-bond acceptors (Lipinski definition) is 7. The number of ether oxygens (including phenoxy) is 2. The Labute approximate surface area is 185 Å². The highest BCUT2D eigenvalue weighted by atomic mass is 32.1. The van der Waals surface area contributed by atoms with Crippen molar-refractivity contribution < 1.29 is 19.1 Å². The van der Waals surface area contributed by atoms with E-state index in [0.29, 0.717) is 10.6 Å². The second-order valence-electron chi connectivity index (χ2n) is 6.67. The molecule has 1 aromatic heterocycles. The highest BCUT2D eigenvalue weighted by Gasteiger charge is 2.29. The van der Waals surface area contributed by atoms with E-state index in [9.17, 15) is 9.59 Å². The van der Waals surface area contributed by atoms with Crippen LogP contribution in [0.3, 0.4) is 0 Å². The summed E-state index contributed by atoms with van der Waals surface area (Å²) in [7, 11) is 0. The zero-order valence-electron chi connectivity index (χ0n) is 17.0. The van der Waals surface area contributed by atoms with Gasteiger partial charge in [0.15, 0.2) is 5.11 Å². The van der Waals surface area contributed by atoms with Gasteiger partial charge in [0.2, 0.25) is 0 Å². The lowest BCUT2D eigenvalue weighted by molar-refractivity contribution is 0.0526. The topological polar surface area (TPSA) is 79.9 Å². The predicted molar refractivity (Wildman–Crippen MR) is 121 cm³/mol. The number of benzene rings is 1. The average molecular weight is 448 g/mol. The Bertz CT molecular complexity index is 914. The van der Waals surface area contributed by atoms with Gasteiger partial charge in [-0.2, -0.15) is 0 Å². The fourth-order valence-electron chi connectivity index (χ4n) is 3.33. The lowest BCUT2D eigenvalue weighted by Gasteiger charge is -2.27. The lowest BCUT2D eigenvalue weighted by Crippen LogP contribution is -2.34. The molecule has 1 aliphatic rings. The number of nitrogens with zero attached hydrogens (tertiary/aromatic N) is 1. The van der Waals surface area contributed by atoms with Gasteiger partial charge >= 0.3 is 12.1 Å². The molecule has 2 aromatic rings. The van der Waals surface area contributed by atoms with Crippen molar-refractivity contribution in [1.82, 2.24) is 10.2 Å². The van der Waals surface area contributed by atoms with Crippen LogP contribution in [0.5, 0.6) is 0 Å². The van der Waals surface area contributed by atoms with E-state index in [1.165, 1.54) is 16.9 Å². The molecule has 0 bridgehead atoms. The zero-order chi connectivity index (χ0) is 21.5. The smallest absolute Gasteiger partial charge is 0.413 e. The molecule has 1 aliphatic heterocycles. The summed E-state index contributed by atoms with van der Waals surface area (Å²) in [6.07, 6.45) is 0.107. The number of fused-ring (bicyclic) bond motifs is 1. The van der Waals surface area contributed by atoms with Gasteiger partial charge in [0, 0.05) is 24.5 Å². The Balaban J connectivity index is 1.79. The molecule has 1 aromatic carbocycles. The van der Waals surface area contributed by atoms with Crippen LogP contribution in [0.4, 0.5) is 9.80 Å². The Kier molecular flexibility index (Phi) is 7.78. The molecule has 0 radical (unpaired) electrons. The van der Waals surface area contributed by atoms with Gasteiger partial charge in [-0.05, 0) is 43.6 Å². The third-order valence-electron chi connectivity index (χ3n) is 4.58. The van der Waals surface area contributed by atoms with Gasteiger partial charge in [0.25, 0.3) is 0 Å². The summed E-state index contributed by atoms with van der Waals surface area (Å²) >= 11 is 6.67. The van der Waals surface area contributed by atoms with Gasteiger partial charge < -0.3 is 14.8 Å². The van der Waals surface area contributed by atoms with Crippen molar-refractivity contribution in [3.63, 3.8) is 0 Å². The molecule has 0 atom stereocenters. The maximum absolute atomic E-state index is 12.7. The van der Waals surface area contributed by atoms with E-state index in [1.54, 1.807) is 13.8 Å². The van der Waals surface area contributed by atoms with Crippen LogP contribution >= 0.6 is 23.6 Å². The standard InChI is InChI=1S/C21H25N3O4S2/c1-3-27-19(25)17-15-10-11-24(12-14-8-6-5-7-9-14)13-16(15)30-18(17)22-20(29)23-21(26)28-4-2/h5-9H,3-4,10-13H2,1-2H3,(H2,22,23,26,29). The molecule has 2 heterocycles. The summed E-state index contributed by atoms with van der Waals surface area (Å²) < 4.78 is 10.1. The number of carbonyl (C=O) groups is 2. The number of thiophene rings is 1. The van der Waals surface area contributed by atoms with Crippen LogP contribution in [0.15, 0.2) is 30.3 Å². The Morgan fingerprint density at radius 1 is 1.17 bits per heavy atom. The van der Waals surface area contributed by atoms with Crippen LogP contribution < -0.4 is 10.6 Å². The third-order valence-corrected chi connectivity index (χ3v) is 5.92. The molecular weight excluding hydrogens is 422 g/mol. The number of nitrogens with one attached hydrogen (secondary N) is 2. The molecule has 0 saturated heterocycles. The minimum Gasteiger partial charge on any atom is -0.462 e. The highest BCUT2D eigenvalue weighted by Crippen LogP contribution is 2.38. The minimum atomic E-state index is -0.636. The number of hydrogen-bond donors (Lipinski definition) is 2. The van der Waals surface area contributed by atoms with Crippen LogP contribution in [0, 0.1) is 0 Å². The van der Waals surface area contributed by atoms with Crippen molar-refractivity contribution in [1.29, 1.82) is 0 Å². The fourth-order valence-corrected chi connectivity index (χ4v) is 4.87. The normalized spacial score (nSPS) is 13.3. The lowest BCUT2D eigenvalue weighted by atomic mass is 10.0. The summed E-state index contributed by atoms with van der Waals surface area (Å²) in [4.78, 5) is 27.7.